The van der Waals surface area contributed by atoms with Crippen molar-refractivity contribution in [3.63, 3.8) is 0 Å². The summed E-state index contributed by atoms with van der Waals surface area (Å²) in [5, 5.41) is 0.796. The average Bonchev–Trinajstić information content (AvgIpc) is 3.23. The Bertz CT molecular complexity index is 752. The summed E-state index contributed by atoms with van der Waals surface area (Å²) in [5.41, 5.74) is 6.17. The van der Waals surface area contributed by atoms with E-state index in [1.165, 1.54) is 24.0 Å². The van der Waals surface area contributed by atoms with Gasteiger partial charge in [-0.05, 0) is 38.8 Å². The van der Waals surface area contributed by atoms with Crippen molar-refractivity contribution >= 4 is 10.9 Å². The van der Waals surface area contributed by atoms with Crippen LogP contribution in [0.3, 0.4) is 0 Å². The number of aromatic nitrogens is 1. The monoisotopic (exact) mass is 267 g/mol. The second-order valence-corrected chi connectivity index (χ2v) is 5.85. The summed E-state index contributed by atoms with van der Waals surface area (Å²) in [6.07, 6.45) is 3.47. The van der Waals surface area contributed by atoms with E-state index in [-0.39, 0.29) is 5.43 Å². The fraction of sp³-hybridized carbons (Fsp3) is 0.389. The van der Waals surface area contributed by atoms with Crippen molar-refractivity contribution in [2.75, 3.05) is 0 Å². The summed E-state index contributed by atoms with van der Waals surface area (Å²) in [6.45, 7) is 6.39. The molecule has 1 unspecified atom stereocenters. The van der Waals surface area contributed by atoms with E-state index in [9.17, 15) is 4.79 Å². The number of rotatable bonds is 3. The fourth-order valence-electron chi connectivity index (χ4n) is 3.15. The van der Waals surface area contributed by atoms with Crippen LogP contribution in [0.1, 0.15) is 50.3 Å². The number of benzene rings is 1. The van der Waals surface area contributed by atoms with Crippen LogP contribution in [0.2, 0.25) is 0 Å². The summed E-state index contributed by atoms with van der Waals surface area (Å²) in [7, 11) is 0. The molecule has 2 nitrogen and oxygen atoms in total. The molecule has 0 amide bonds. The van der Waals surface area contributed by atoms with Gasteiger partial charge in [-0.15, -0.1) is 0 Å². The molecule has 1 heterocycles. The first-order chi connectivity index (χ1) is 9.63. The summed E-state index contributed by atoms with van der Waals surface area (Å²) in [5.74, 6) is 0.443. The van der Waals surface area contributed by atoms with E-state index in [2.05, 4.69) is 18.8 Å². The number of para-hydroxylation sites is 1. The molecular formula is C18H21NO. The first-order valence-corrected chi connectivity index (χ1v) is 7.43. The molecule has 1 aromatic carbocycles. The molecule has 1 aliphatic rings. The Morgan fingerprint density at radius 2 is 2.10 bits per heavy atom. The minimum Gasteiger partial charge on any atom is -0.357 e. The number of nitrogens with one attached hydrogen (secondary N) is 1. The van der Waals surface area contributed by atoms with Gasteiger partial charge in [0.05, 0.1) is 0 Å². The third-order valence-electron chi connectivity index (χ3n) is 4.39. The molecule has 0 radical (unpaired) electrons. The molecule has 1 fully saturated rings. The van der Waals surface area contributed by atoms with Gasteiger partial charge in [0, 0.05) is 28.1 Å². The van der Waals surface area contributed by atoms with Crippen LogP contribution < -0.4 is 5.43 Å². The molecule has 0 saturated heterocycles. The Kier molecular flexibility index (Phi) is 3.25. The van der Waals surface area contributed by atoms with E-state index in [1.807, 2.05) is 31.2 Å². The van der Waals surface area contributed by atoms with Crippen LogP contribution in [-0.2, 0) is 0 Å². The van der Waals surface area contributed by atoms with Gasteiger partial charge in [0.15, 0.2) is 5.43 Å². The smallest absolute Gasteiger partial charge is 0.192 e. The molecule has 1 saturated carbocycles. The van der Waals surface area contributed by atoms with Crippen molar-refractivity contribution < 1.29 is 0 Å². The summed E-state index contributed by atoms with van der Waals surface area (Å²) < 4.78 is 0. The van der Waals surface area contributed by atoms with Gasteiger partial charge in [-0.2, -0.15) is 0 Å². The van der Waals surface area contributed by atoms with Gasteiger partial charge in [-0.1, -0.05) is 36.6 Å². The van der Waals surface area contributed by atoms with E-state index in [1.54, 1.807) is 0 Å². The topological polar surface area (TPSA) is 32.9 Å². The van der Waals surface area contributed by atoms with Crippen LogP contribution in [0.4, 0.5) is 0 Å². The number of fused-ring (bicyclic) bond motifs is 1. The molecule has 0 aliphatic heterocycles. The highest BCUT2D eigenvalue weighted by Gasteiger charge is 2.35. The Labute approximate surface area is 119 Å². The third kappa shape index (κ3) is 2.09. The number of hydrogen-bond donors (Lipinski definition) is 1. The van der Waals surface area contributed by atoms with E-state index in [0.717, 1.165) is 28.6 Å². The SMILES string of the molecule is CCC/C(C)=C1\CC1c1[nH]c2ccccc2c(=O)c1C. The van der Waals surface area contributed by atoms with Gasteiger partial charge >= 0.3 is 0 Å². The summed E-state index contributed by atoms with van der Waals surface area (Å²) >= 11 is 0. The molecule has 0 spiro atoms. The number of allylic oxidation sites excluding steroid dienone is 2. The lowest BCUT2D eigenvalue weighted by Gasteiger charge is -2.07. The molecule has 104 valence electrons. The zero-order valence-electron chi connectivity index (χ0n) is 12.4. The van der Waals surface area contributed by atoms with Crippen LogP contribution in [0.15, 0.2) is 40.2 Å². The van der Waals surface area contributed by atoms with E-state index in [4.69, 9.17) is 0 Å². The third-order valence-corrected chi connectivity index (χ3v) is 4.39. The molecule has 1 aromatic heterocycles. The molecule has 1 aliphatic carbocycles. The van der Waals surface area contributed by atoms with Crippen molar-refractivity contribution in [1.29, 1.82) is 0 Å². The summed E-state index contributed by atoms with van der Waals surface area (Å²) in [4.78, 5) is 15.9. The molecule has 2 heteroatoms. The lowest BCUT2D eigenvalue weighted by Crippen LogP contribution is -2.11. The highest BCUT2D eigenvalue weighted by atomic mass is 16.1. The van der Waals surface area contributed by atoms with Gasteiger partial charge < -0.3 is 4.98 Å². The zero-order chi connectivity index (χ0) is 14.3. The lowest BCUT2D eigenvalue weighted by molar-refractivity contribution is 0.897. The number of aromatic amines is 1. The van der Waals surface area contributed by atoms with E-state index < -0.39 is 0 Å². The number of H-pyrrole nitrogens is 1. The predicted molar refractivity (Wildman–Crippen MR) is 84.3 cm³/mol. The van der Waals surface area contributed by atoms with Gasteiger partial charge in [0.1, 0.15) is 0 Å². The minimum absolute atomic E-state index is 0.175. The predicted octanol–water partition coefficient (Wildman–Crippen LogP) is 4.44. The number of hydrogen-bond acceptors (Lipinski definition) is 1. The van der Waals surface area contributed by atoms with Gasteiger partial charge in [-0.25, -0.2) is 0 Å². The minimum atomic E-state index is 0.175. The van der Waals surface area contributed by atoms with Crippen molar-refractivity contribution in [3.8, 4) is 0 Å². The highest BCUT2D eigenvalue weighted by Crippen LogP contribution is 2.49. The van der Waals surface area contributed by atoms with Crippen LogP contribution >= 0.6 is 0 Å². The lowest BCUT2D eigenvalue weighted by atomic mass is 10.0. The van der Waals surface area contributed by atoms with Crippen molar-refractivity contribution in [3.05, 3.63) is 56.9 Å². The van der Waals surface area contributed by atoms with Crippen molar-refractivity contribution in [1.82, 2.24) is 4.98 Å². The first-order valence-electron chi connectivity index (χ1n) is 7.43. The highest BCUT2D eigenvalue weighted by molar-refractivity contribution is 5.79. The van der Waals surface area contributed by atoms with E-state index >= 15 is 0 Å². The molecule has 1 atom stereocenters. The van der Waals surface area contributed by atoms with Gasteiger partial charge in [0.25, 0.3) is 0 Å². The van der Waals surface area contributed by atoms with Gasteiger partial charge in [0.2, 0.25) is 0 Å². The maximum absolute atomic E-state index is 12.4. The van der Waals surface area contributed by atoms with E-state index in [0.29, 0.717) is 5.92 Å². The Morgan fingerprint density at radius 3 is 2.85 bits per heavy atom. The van der Waals surface area contributed by atoms with Crippen molar-refractivity contribution in [2.24, 2.45) is 0 Å². The molecule has 1 N–H and O–H groups in total. The average molecular weight is 267 g/mol. The van der Waals surface area contributed by atoms with Crippen molar-refractivity contribution in [2.45, 2.75) is 46.0 Å². The summed E-state index contributed by atoms with van der Waals surface area (Å²) in [6, 6.07) is 7.79. The van der Waals surface area contributed by atoms with Crippen LogP contribution in [0, 0.1) is 6.92 Å². The van der Waals surface area contributed by atoms with Crippen LogP contribution in [0.25, 0.3) is 10.9 Å². The molecule has 2 aromatic rings. The van der Waals surface area contributed by atoms with Crippen LogP contribution in [-0.4, -0.2) is 4.98 Å². The molecule has 3 rings (SSSR count). The Hall–Kier alpha value is -1.83. The molecule has 0 bridgehead atoms. The van der Waals surface area contributed by atoms with Gasteiger partial charge in [-0.3, -0.25) is 4.79 Å². The zero-order valence-corrected chi connectivity index (χ0v) is 12.4. The normalized spacial score (nSPS) is 20.2. The maximum Gasteiger partial charge on any atom is 0.192 e. The second kappa shape index (κ2) is 4.93. The quantitative estimate of drug-likeness (QED) is 0.819. The Morgan fingerprint density at radius 1 is 1.35 bits per heavy atom. The fourth-order valence-corrected chi connectivity index (χ4v) is 3.15. The van der Waals surface area contributed by atoms with Crippen LogP contribution in [0.5, 0.6) is 0 Å². The standard InChI is InChI=1S/C18H21NO/c1-4-7-11(2)14-10-15(14)17-12(3)18(20)13-8-5-6-9-16(13)19-17/h5-6,8-9,15H,4,7,10H2,1-3H3,(H,19,20)/b14-11+. The maximum atomic E-state index is 12.4. The largest absolute Gasteiger partial charge is 0.357 e. The molecule has 20 heavy (non-hydrogen) atoms. The molecular weight excluding hydrogens is 246 g/mol. The number of pyridine rings is 1. The first kappa shape index (κ1) is 13.2. The second-order valence-electron chi connectivity index (χ2n) is 5.85. The Balaban J connectivity index is 2.09.